The third kappa shape index (κ3) is 4.79. The Labute approximate surface area is 165 Å². The molecule has 3 rings (SSSR count). The molecule has 1 N–H and O–H groups in total. The Morgan fingerprint density at radius 3 is 2.26 bits per heavy atom. The van der Waals surface area contributed by atoms with Crippen molar-refractivity contribution in [3.8, 4) is 0 Å². The largest absolute Gasteiger partial charge is 0.465 e. The lowest BCUT2D eigenvalue weighted by Gasteiger charge is -2.25. The number of halogens is 5. The summed E-state index contributed by atoms with van der Waals surface area (Å²) in [6.07, 6.45) is -3.19. The van der Waals surface area contributed by atoms with Gasteiger partial charge in [-0.15, -0.1) is 0 Å². The van der Waals surface area contributed by atoms with Crippen LogP contribution in [0.1, 0.15) is 16.7 Å². The second-order valence-electron chi connectivity index (χ2n) is 6.17. The van der Waals surface area contributed by atoms with Crippen LogP contribution in [0.15, 0.2) is 72.6 Å². The zero-order chi connectivity index (χ0) is 19.7. The maximum Gasteiger partial charge on any atom is 0.416 e. The van der Waals surface area contributed by atoms with Gasteiger partial charge in [-0.1, -0.05) is 72.2 Å². The Morgan fingerprint density at radius 2 is 1.67 bits per heavy atom. The predicted molar refractivity (Wildman–Crippen MR) is 101 cm³/mol. The van der Waals surface area contributed by atoms with Crippen molar-refractivity contribution in [2.24, 2.45) is 0 Å². The third-order valence-corrected chi connectivity index (χ3v) is 4.71. The van der Waals surface area contributed by atoms with Gasteiger partial charge in [0, 0.05) is 6.42 Å². The van der Waals surface area contributed by atoms with E-state index in [2.05, 4.69) is 11.9 Å². The first-order chi connectivity index (χ1) is 12.6. The van der Waals surface area contributed by atoms with Crippen molar-refractivity contribution in [2.45, 2.75) is 23.2 Å². The van der Waals surface area contributed by atoms with Crippen LogP contribution >= 0.6 is 23.2 Å². The van der Waals surface area contributed by atoms with Crippen molar-refractivity contribution in [3.05, 3.63) is 89.3 Å². The van der Waals surface area contributed by atoms with Gasteiger partial charge >= 0.3 is 6.18 Å². The van der Waals surface area contributed by atoms with Gasteiger partial charge in [-0.3, -0.25) is 0 Å². The Bertz CT molecular complexity index is 846. The number of nitrogens with one attached hydrogen (secondary N) is 1. The van der Waals surface area contributed by atoms with E-state index in [1.54, 1.807) is 6.08 Å². The van der Waals surface area contributed by atoms with E-state index in [-0.39, 0.29) is 0 Å². The van der Waals surface area contributed by atoms with Gasteiger partial charge < -0.3 is 10.1 Å². The summed E-state index contributed by atoms with van der Waals surface area (Å²) in [5.41, 5.74) is 1.23. The van der Waals surface area contributed by atoms with E-state index in [0.29, 0.717) is 23.4 Å². The molecular weight excluding hydrogens is 398 g/mol. The van der Waals surface area contributed by atoms with Gasteiger partial charge in [0.15, 0.2) is 4.33 Å². The molecule has 1 saturated heterocycles. The smallest absolute Gasteiger partial charge is 0.416 e. The lowest BCUT2D eigenvalue weighted by atomic mass is 10.1. The fraction of sp³-hybridized carbons (Fsp3) is 0.200. The molecule has 1 atom stereocenters. The van der Waals surface area contributed by atoms with Crippen LogP contribution in [0.25, 0.3) is 6.08 Å². The molecule has 0 spiro atoms. The van der Waals surface area contributed by atoms with Gasteiger partial charge in [-0.25, -0.2) is 0 Å². The number of hydrogen-bond donors (Lipinski definition) is 1. The Balaban J connectivity index is 1.74. The number of alkyl halides is 5. The maximum atomic E-state index is 12.7. The standard InChI is InChI=1S/C20H16Cl2F3NO/c1-13-17(11-14-7-9-16(10-8-14)20(23,24)25)27-18(26-13)19(21,22)12-15-5-3-2-4-6-15/h2-11,18,26H,1,12H2/b17-11-. The molecule has 1 aliphatic rings. The van der Waals surface area contributed by atoms with Crippen LogP contribution < -0.4 is 5.32 Å². The summed E-state index contributed by atoms with van der Waals surface area (Å²) in [5, 5.41) is 2.99. The molecule has 0 aliphatic carbocycles. The monoisotopic (exact) mass is 413 g/mol. The van der Waals surface area contributed by atoms with E-state index in [4.69, 9.17) is 27.9 Å². The molecule has 0 radical (unpaired) electrons. The fourth-order valence-corrected chi connectivity index (χ4v) is 3.16. The normalized spacial score (nSPS) is 19.1. The van der Waals surface area contributed by atoms with E-state index in [9.17, 15) is 13.2 Å². The van der Waals surface area contributed by atoms with Crippen LogP contribution in [0.3, 0.4) is 0 Å². The number of hydrogen-bond acceptors (Lipinski definition) is 2. The van der Waals surface area contributed by atoms with Gasteiger partial charge in [-0.05, 0) is 29.3 Å². The SMILES string of the molecule is C=C1NC(C(Cl)(Cl)Cc2ccccc2)O/C1=C\c1ccc(C(F)(F)F)cc1. The minimum atomic E-state index is -4.37. The van der Waals surface area contributed by atoms with Gasteiger partial charge in [0.05, 0.1) is 11.3 Å². The lowest BCUT2D eigenvalue weighted by Crippen LogP contribution is -2.41. The number of rotatable bonds is 4. The van der Waals surface area contributed by atoms with Crippen molar-refractivity contribution < 1.29 is 17.9 Å². The van der Waals surface area contributed by atoms with Gasteiger partial charge in [0.2, 0.25) is 6.23 Å². The third-order valence-electron chi connectivity index (χ3n) is 4.05. The van der Waals surface area contributed by atoms with E-state index in [0.717, 1.165) is 17.7 Å². The minimum absolute atomic E-state index is 0.343. The van der Waals surface area contributed by atoms with Gasteiger partial charge in [0.1, 0.15) is 5.76 Å². The van der Waals surface area contributed by atoms with Gasteiger partial charge in [-0.2, -0.15) is 13.2 Å². The molecule has 0 amide bonds. The fourth-order valence-electron chi connectivity index (χ4n) is 2.65. The molecule has 27 heavy (non-hydrogen) atoms. The summed E-state index contributed by atoms with van der Waals surface area (Å²) in [4.78, 5) is 0. The summed E-state index contributed by atoms with van der Waals surface area (Å²) in [5.74, 6) is 0.374. The minimum Gasteiger partial charge on any atom is -0.465 e. The summed E-state index contributed by atoms with van der Waals surface area (Å²) in [6.45, 7) is 3.86. The number of benzene rings is 2. The summed E-state index contributed by atoms with van der Waals surface area (Å²) in [7, 11) is 0. The molecule has 1 fully saturated rings. The van der Waals surface area contributed by atoms with Crippen molar-refractivity contribution in [1.82, 2.24) is 5.32 Å². The molecule has 7 heteroatoms. The first-order valence-electron chi connectivity index (χ1n) is 8.08. The summed E-state index contributed by atoms with van der Waals surface area (Å²) in [6, 6.07) is 14.2. The van der Waals surface area contributed by atoms with E-state index >= 15 is 0 Å². The molecule has 0 saturated carbocycles. The summed E-state index contributed by atoms with van der Waals surface area (Å²) >= 11 is 12.9. The van der Waals surface area contributed by atoms with Crippen LogP contribution in [0.4, 0.5) is 13.2 Å². The van der Waals surface area contributed by atoms with E-state index in [1.807, 2.05) is 30.3 Å². The van der Waals surface area contributed by atoms with Gasteiger partial charge in [0.25, 0.3) is 0 Å². The Morgan fingerprint density at radius 1 is 1.04 bits per heavy atom. The molecule has 2 aromatic rings. The van der Waals surface area contributed by atoms with Crippen molar-refractivity contribution in [2.75, 3.05) is 0 Å². The van der Waals surface area contributed by atoms with Crippen LogP contribution in [0.5, 0.6) is 0 Å². The molecule has 2 nitrogen and oxygen atoms in total. The zero-order valence-corrected chi connectivity index (χ0v) is 15.6. The van der Waals surface area contributed by atoms with Crippen LogP contribution in [-0.4, -0.2) is 10.6 Å². The number of ether oxygens (including phenoxy) is 1. The van der Waals surface area contributed by atoms with Crippen LogP contribution in [-0.2, 0) is 17.3 Å². The molecule has 2 aromatic carbocycles. The average Bonchev–Trinajstić information content (AvgIpc) is 2.97. The Kier molecular flexibility index (Phi) is 5.45. The molecule has 1 aliphatic heterocycles. The quantitative estimate of drug-likeness (QED) is 0.627. The van der Waals surface area contributed by atoms with Crippen LogP contribution in [0.2, 0.25) is 0 Å². The lowest BCUT2D eigenvalue weighted by molar-refractivity contribution is -0.137. The highest BCUT2D eigenvalue weighted by atomic mass is 35.5. The predicted octanol–water partition coefficient (Wildman–Crippen LogP) is 5.92. The van der Waals surface area contributed by atoms with E-state index < -0.39 is 22.3 Å². The zero-order valence-electron chi connectivity index (χ0n) is 14.1. The maximum absolute atomic E-state index is 12.7. The first kappa shape index (κ1) is 19.6. The Hall–Kier alpha value is -2.11. The highest BCUT2D eigenvalue weighted by Gasteiger charge is 2.41. The summed E-state index contributed by atoms with van der Waals surface area (Å²) < 4.78 is 42.5. The van der Waals surface area contributed by atoms with E-state index in [1.165, 1.54) is 12.1 Å². The molecule has 1 heterocycles. The van der Waals surface area contributed by atoms with Crippen molar-refractivity contribution in [3.63, 3.8) is 0 Å². The van der Waals surface area contributed by atoms with Crippen LogP contribution in [0, 0.1) is 0 Å². The average molecular weight is 414 g/mol. The first-order valence-corrected chi connectivity index (χ1v) is 8.84. The molecule has 0 aromatic heterocycles. The highest BCUT2D eigenvalue weighted by molar-refractivity contribution is 6.49. The second-order valence-corrected chi connectivity index (χ2v) is 7.71. The molecule has 142 valence electrons. The highest BCUT2D eigenvalue weighted by Crippen LogP contribution is 2.37. The molecular formula is C20H16Cl2F3NO. The molecule has 0 bridgehead atoms. The van der Waals surface area contributed by atoms with Crippen molar-refractivity contribution >= 4 is 29.3 Å². The van der Waals surface area contributed by atoms with Crippen molar-refractivity contribution in [1.29, 1.82) is 0 Å². The topological polar surface area (TPSA) is 21.3 Å². The molecule has 1 unspecified atom stereocenters. The second kappa shape index (κ2) is 7.49.